The third kappa shape index (κ3) is 4.76. The van der Waals surface area contributed by atoms with Gasteiger partial charge in [0.1, 0.15) is 0 Å². The highest BCUT2D eigenvalue weighted by Crippen LogP contribution is 2.35. The van der Waals surface area contributed by atoms with Crippen LogP contribution in [0.15, 0.2) is 47.2 Å². The first-order valence-corrected chi connectivity index (χ1v) is 11.8. The molecule has 152 valence electrons. The fourth-order valence-electron chi connectivity index (χ4n) is 2.67. The summed E-state index contributed by atoms with van der Waals surface area (Å²) in [6.07, 6.45) is 0.324. The van der Waals surface area contributed by atoms with Gasteiger partial charge in [-0.1, -0.05) is 41.1 Å². The van der Waals surface area contributed by atoms with Gasteiger partial charge in [-0.15, -0.1) is 22.7 Å². The number of hydrogen-bond donors (Lipinski definition) is 2. The van der Waals surface area contributed by atoms with E-state index in [0.717, 1.165) is 15.4 Å². The Morgan fingerprint density at radius 3 is 2.63 bits per heavy atom. The summed E-state index contributed by atoms with van der Waals surface area (Å²) >= 11 is 10.3. The van der Waals surface area contributed by atoms with E-state index in [1.165, 1.54) is 22.7 Å². The van der Waals surface area contributed by atoms with Crippen LogP contribution in [-0.2, 0) is 11.2 Å². The van der Waals surface area contributed by atoms with E-state index in [-0.39, 0.29) is 11.8 Å². The summed E-state index contributed by atoms with van der Waals surface area (Å²) in [5.41, 5.74) is 1.84. The molecule has 0 aliphatic carbocycles. The van der Waals surface area contributed by atoms with Crippen LogP contribution >= 0.6 is 45.6 Å². The van der Waals surface area contributed by atoms with E-state index in [0.29, 0.717) is 33.0 Å². The third-order valence-corrected chi connectivity index (χ3v) is 7.09. The van der Waals surface area contributed by atoms with Crippen molar-refractivity contribution in [2.75, 3.05) is 10.6 Å². The number of anilines is 2. The molecule has 0 saturated heterocycles. The summed E-state index contributed by atoms with van der Waals surface area (Å²) in [5.74, 6) is -0.423. The average Bonchev–Trinajstić information content (AvgIpc) is 3.44. The summed E-state index contributed by atoms with van der Waals surface area (Å²) in [7, 11) is 0. The van der Waals surface area contributed by atoms with Gasteiger partial charge in [0, 0.05) is 10.3 Å². The normalized spacial score (nSPS) is 10.7. The van der Waals surface area contributed by atoms with Gasteiger partial charge in [-0.05, 0) is 30.5 Å². The van der Waals surface area contributed by atoms with Crippen LogP contribution in [0.5, 0.6) is 0 Å². The molecular formula is C20H15ClN4O2S3. The molecule has 6 nitrogen and oxygen atoms in total. The van der Waals surface area contributed by atoms with Crippen LogP contribution in [0.1, 0.15) is 20.9 Å². The second-order valence-corrected chi connectivity index (χ2v) is 9.51. The minimum atomic E-state index is -0.319. The second-order valence-electron chi connectivity index (χ2n) is 6.21. The van der Waals surface area contributed by atoms with Crippen molar-refractivity contribution in [2.45, 2.75) is 13.3 Å². The van der Waals surface area contributed by atoms with Crippen LogP contribution in [0.2, 0.25) is 5.02 Å². The standard InChI is InChI=1S/C20H15ClN4O2S3/c1-11-17(30-20(22-11)25-18(27)13-6-2-3-7-14(13)21)15-10-29-19(23-15)24-16(26)9-12-5-4-8-28-12/h2-8,10H,9H2,1H3,(H,22,25,27)(H,23,24,26). The van der Waals surface area contributed by atoms with Crippen LogP contribution in [0.4, 0.5) is 10.3 Å². The summed E-state index contributed by atoms with van der Waals surface area (Å²) in [6, 6.07) is 10.7. The highest BCUT2D eigenvalue weighted by Gasteiger charge is 2.17. The molecule has 10 heteroatoms. The van der Waals surface area contributed by atoms with Gasteiger partial charge in [-0.2, -0.15) is 0 Å². The first kappa shape index (κ1) is 20.7. The van der Waals surface area contributed by atoms with Crippen molar-refractivity contribution in [1.29, 1.82) is 0 Å². The average molecular weight is 475 g/mol. The molecule has 4 rings (SSSR count). The lowest BCUT2D eigenvalue weighted by molar-refractivity contribution is -0.115. The first-order chi connectivity index (χ1) is 14.5. The van der Waals surface area contributed by atoms with Crippen LogP contribution in [0.3, 0.4) is 0 Å². The molecule has 2 N–H and O–H groups in total. The molecule has 30 heavy (non-hydrogen) atoms. The molecule has 0 fully saturated rings. The van der Waals surface area contributed by atoms with Crippen LogP contribution in [0.25, 0.3) is 10.6 Å². The Hall–Kier alpha value is -2.59. The lowest BCUT2D eigenvalue weighted by Gasteiger charge is -2.03. The second kappa shape index (κ2) is 9.05. The van der Waals surface area contributed by atoms with Gasteiger partial charge >= 0.3 is 0 Å². The lowest BCUT2D eigenvalue weighted by atomic mass is 10.2. The van der Waals surface area contributed by atoms with Crippen molar-refractivity contribution >= 4 is 67.7 Å². The van der Waals surface area contributed by atoms with E-state index in [4.69, 9.17) is 11.6 Å². The van der Waals surface area contributed by atoms with Gasteiger partial charge in [0.25, 0.3) is 5.91 Å². The van der Waals surface area contributed by atoms with Crippen LogP contribution in [-0.4, -0.2) is 21.8 Å². The highest BCUT2D eigenvalue weighted by molar-refractivity contribution is 7.20. The Balaban J connectivity index is 1.45. The SMILES string of the molecule is Cc1nc(NC(=O)c2ccccc2Cl)sc1-c1csc(NC(=O)Cc2cccs2)n1. The Bertz CT molecular complexity index is 1200. The van der Waals surface area contributed by atoms with Gasteiger partial charge in [-0.25, -0.2) is 9.97 Å². The predicted octanol–water partition coefficient (Wildman–Crippen LogP) is 5.72. The number of benzene rings is 1. The number of carbonyl (C=O) groups is 2. The van der Waals surface area contributed by atoms with Gasteiger partial charge in [0.15, 0.2) is 10.3 Å². The van der Waals surface area contributed by atoms with E-state index in [2.05, 4.69) is 20.6 Å². The van der Waals surface area contributed by atoms with Crippen molar-refractivity contribution in [1.82, 2.24) is 9.97 Å². The molecule has 0 aliphatic heterocycles. The largest absolute Gasteiger partial charge is 0.302 e. The van der Waals surface area contributed by atoms with Gasteiger partial charge < -0.3 is 5.32 Å². The zero-order chi connectivity index (χ0) is 21.1. The monoisotopic (exact) mass is 474 g/mol. The van der Waals surface area contributed by atoms with E-state index >= 15 is 0 Å². The lowest BCUT2D eigenvalue weighted by Crippen LogP contribution is -2.13. The van der Waals surface area contributed by atoms with Gasteiger partial charge in [0.2, 0.25) is 5.91 Å². The summed E-state index contributed by atoms with van der Waals surface area (Å²) in [6.45, 7) is 1.85. The minimum Gasteiger partial charge on any atom is -0.302 e. The molecule has 0 unspecified atom stereocenters. The summed E-state index contributed by atoms with van der Waals surface area (Å²) < 4.78 is 0. The Labute approximate surface area is 189 Å². The van der Waals surface area contributed by atoms with Crippen molar-refractivity contribution < 1.29 is 9.59 Å². The molecule has 0 aliphatic rings. The number of halogens is 1. The molecular weight excluding hydrogens is 460 g/mol. The number of thiazole rings is 2. The van der Waals surface area contributed by atoms with Crippen molar-refractivity contribution in [3.05, 3.63) is 68.3 Å². The molecule has 0 saturated carbocycles. The van der Waals surface area contributed by atoms with Gasteiger partial charge in [-0.3, -0.25) is 14.9 Å². The van der Waals surface area contributed by atoms with Crippen LogP contribution < -0.4 is 10.6 Å². The topological polar surface area (TPSA) is 84.0 Å². The number of rotatable bonds is 6. The molecule has 3 aromatic heterocycles. The molecule has 2 amide bonds. The van der Waals surface area contributed by atoms with Crippen molar-refractivity contribution in [3.63, 3.8) is 0 Å². The van der Waals surface area contributed by atoms with Crippen molar-refractivity contribution in [3.8, 4) is 10.6 Å². The number of aryl methyl sites for hydroxylation is 1. The number of nitrogens with one attached hydrogen (secondary N) is 2. The molecule has 4 aromatic rings. The summed E-state index contributed by atoms with van der Waals surface area (Å²) in [4.78, 5) is 35.4. The number of carbonyl (C=O) groups excluding carboxylic acids is 2. The molecule has 0 spiro atoms. The molecule has 0 bridgehead atoms. The zero-order valence-corrected chi connectivity index (χ0v) is 18.8. The maximum atomic E-state index is 12.5. The smallest absolute Gasteiger partial charge is 0.258 e. The molecule has 1 aromatic carbocycles. The van der Waals surface area contributed by atoms with E-state index in [1.807, 2.05) is 29.8 Å². The fourth-order valence-corrected chi connectivity index (χ4v) is 5.31. The van der Waals surface area contributed by atoms with Gasteiger partial charge in [0.05, 0.1) is 33.3 Å². The molecule has 0 radical (unpaired) electrons. The van der Waals surface area contributed by atoms with E-state index in [1.54, 1.807) is 35.6 Å². The Morgan fingerprint density at radius 1 is 1.03 bits per heavy atom. The Morgan fingerprint density at radius 2 is 1.87 bits per heavy atom. The fraction of sp³-hybridized carbons (Fsp3) is 0.100. The number of aromatic nitrogens is 2. The quantitative estimate of drug-likeness (QED) is 0.374. The van der Waals surface area contributed by atoms with E-state index in [9.17, 15) is 9.59 Å². The maximum Gasteiger partial charge on any atom is 0.258 e. The third-order valence-electron chi connectivity index (χ3n) is 4.03. The number of nitrogens with zero attached hydrogens (tertiary/aromatic N) is 2. The predicted molar refractivity (Wildman–Crippen MR) is 124 cm³/mol. The number of amides is 2. The van der Waals surface area contributed by atoms with E-state index < -0.39 is 0 Å². The number of hydrogen-bond acceptors (Lipinski definition) is 7. The zero-order valence-electron chi connectivity index (χ0n) is 15.6. The maximum absolute atomic E-state index is 12.5. The number of thiophene rings is 1. The highest BCUT2D eigenvalue weighted by atomic mass is 35.5. The Kier molecular flexibility index (Phi) is 6.24. The van der Waals surface area contributed by atoms with Crippen LogP contribution in [0, 0.1) is 6.92 Å². The minimum absolute atomic E-state index is 0.105. The first-order valence-electron chi connectivity index (χ1n) is 8.81. The molecule has 0 atom stereocenters. The van der Waals surface area contributed by atoms with Crippen molar-refractivity contribution in [2.24, 2.45) is 0 Å². The molecule has 3 heterocycles. The summed E-state index contributed by atoms with van der Waals surface area (Å²) in [5, 5.41) is 10.8.